The number of nitrogens with one attached hydrogen (secondary N) is 1. The third-order valence-electron chi connectivity index (χ3n) is 2.91. The summed E-state index contributed by atoms with van der Waals surface area (Å²) in [5.74, 6) is -2.30. The minimum Gasteiger partial charge on any atom is -0.464 e. The van der Waals surface area contributed by atoms with E-state index >= 15 is 0 Å². The molecule has 1 rings (SSSR count). The Hall–Kier alpha value is -2.18. The lowest BCUT2D eigenvalue weighted by atomic mass is 9.91. The van der Waals surface area contributed by atoms with Gasteiger partial charge in [0.2, 0.25) is 0 Å². The van der Waals surface area contributed by atoms with Crippen LogP contribution in [0.25, 0.3) is 10.4 Å². The van der Waals surface area contributed by atoms with E-state index in [1.165, 1.54) is 13.0 Å². The molecule has 8 heteroatoms. The van der Waals surface area contributed by atoms with Gasteiger partial charge < -0.3 is 4.74 Å². The summed E-state index contributed by atoms with van der Waals surface area (Å²) in [6.45, 7) is 3.39. The van der Waals surface area contributed by atoms with Crippen molar-refractivity contribution in [2.45, 2.75) is 19.4 Å². The van der Waals surface area contributed by atoms with Crippen molar-refractivity contribution in [1.82, 2.24) is 5.32 Å². The normalized spacial score (nSPS) is 13.1. The topological polar surface area (TPSA) is 87.1 Å². The minimum absolute atomic E-state index is 0.0386. The Morgan fingerprint density at radius 3 is 2.81 bits per heavy atom. The van der Waals surface area contributed by atoms with Crippen molar-refractivity contribution in [1.29, 1.82) is 0 Å². The second-order valence-electron chi connectivity index (χ2n) is 4.35. The van der Waals surface area contributed by atoms with Crippen LogP contribution in [-0.2, 0) is 15.1 Å². The average molecular weight is 298 g/mol. The Bertz CT molecular complexity index is 561. The molecule has 0 bridgehead atoms. The van der Waals surface area contributed by atoms with Crippen molar-refractivity contribution in [3.8, 4) is 0 Å². The largest absolute Gasteiger partial charge is 0.464 e. The molecule has 0 spiro atoms. The monoisotopic (exact) mass is 298 g/mol. The third-order valence-corrected chi connectivity index (χ3v) is 2.91. The van der Waals surface area contributed by atoms with Crippen molar-refractivity contribution in [3.63, 3.8) is 0 Å². The van der Waals surface area contributed by atoms with Crippen LogP contribution in [0.2, 0.25) is 0 Å². The molecule has 114 valence electrons. The lowest BCUT2D eigenvalue weighted by molar-refractivity contribution is -0.151. The molecule has 1 N–H and O–H groups in total. The second kappa shape index (κ2) is 7.56. The van der Waals surface area contributed by atoms with Gasteiger partial charge in [0.05, 0.1) is 6.61 Å². The van der Waals surface area contributed by atoms with Gasteiger partial charge in [-0.25, -0.2) is 13.6 Å². The highest BCUT2D eigenvalue weighted by Gasteiger charge is 2.38. The number of nitrogens with zero attached hydrogens (tertiary/aromatic N) is 3. The quantitative estimate of drug-likeness (QED) is 0.276. The van der Waals surface area contributed by atoms with Gasteiger partial charge in [-0.05, 0) is 25.4 Å². The van der Waals surface area contributed by atoms with Crippen LogP contribution in [-0.4, -0.2) is 25.7 Å². The van der Waals surface area contributed by atoms with Crippen molar-refractivity contribution in [2.24, 2.45) is 5.11 Å². The van der Waals surface area contributed by atoms with E-state index in [9.17, 15) is 13.6 Å². The van der Waals surface area contributed by atoms with Crippen LogP contribution in [0.3, 0.4) is 0 Å². The van der Waals surface area contributed by atoms with Gasteiger partial charge in [0.15, 0.2) is 0 Å². The van der Waals surface area contributed by atoms with Crippen molar-refractivity contribution >= 4 is 5.97 Å². The van der Waals surface area contributed by atoms with Crippen LogP contribution in [0.5, 0.6) is 0 Å². The van der Waals surface area contributed by atoms with Gasteiger partial charge >= 0.3 is 5.97 Å². The molecule has 1 aromatic rings. The Labute approximate surface area is 120 Å². The number of hydrogen-bond donors (Lipinski definition) is 1. The second-order valence-corrected chi connectivity index (χ2v) is 4.35. The van der Waals surface area contributed by atoms with Crippen LogP contribution in [0, 0.1) is 11.6 Å². The number of esters is 1. The summed E-state index contributed by atoms with van der Waals surface area (Å²) in [5, 5.41) is 6.11. The molecule has 0 saturated heterocycles. The first-order valence-corrected chi connectivity index (χ1v) is 6.34. The van der Waals surface area contributed by atoms with Gasteiger partial charge in [-0.15, -0.1) is 0 Å². The molecule has 21 heavy (non-hydrogen) atoms. The standard InChI is InChI=1S/C13H16F2N4O2/c1-3-21-12(20)13(2,17-6-7-18-19-16)10-5-4-9(14)8-11(10)15/h4-5,8,17H,3,6-7H2,1-2H3. The van der Waals surface area contributed by atoms with Crippen molar-refractivity contribution in [2.75, 3.05) is 19.7 Å². The molecule has 0 heterocycles. The van der Waals surface area contributed by atoms with E-state index in [4.69, 9.17) is 10.3 Å². The maximum absolute atomic E-state index is 14.0. The van der Waals surface area contributed by atoms with E-state index in [0.717, 1.165) is 6.07 Å². The number of benzene rings is 1. The number of halogens is 2. The molecular formula is C13H16F2N4O2. The maximum Gasteiger partial charge on any atom is 0.330 e. The first kappa shape index (κ1) is 16.9. The summed E-state index contributed by atoms with van der Waals surface area (Å²) in [6.07, 6.45) is 0. The smallest absolute Gasteiger partial charge is 0.330 e. The molecule has 0 fully saturated rings. The fraction of sp³-hybridized carbons (Fsp3) is 0.462. The molecule has 0 aromatic heterocycles. The van der Waals surface area contributed by atoms with E-state index in [1.807, 2.05) is 0 Å². The summed E-state index contributed by atoms with van der Waals surface area (Å²) in [4.78, 5) is 14.7. The Balaban J connectivity index is 3.10. The number of rotatable bonds is 7. The van der Waals surface area contributed by atoms with Gasteiger partial charge in [0, 0.05) is 29.6 Å². The fourth-order valence-corrected chi connectivity index (χ4v) is 1.85. The summed E-state index contributed by atoms with van der Waals surface area (Å²) in [6, 6.07) is 2.94. The van der Waals surface area contributed by atoms with Crippen LogP contribution in [0.1, 0.15) is 19.4 Å². The molecular weight excluding hydrogens is 282 g/mol. The molecule has 1 unspecified atom stereocenters. The van der Waals surface area contributed by atoms with Crippen molar-refractivity contribution in [3.05, 3.63) is 45.8 Å². The molecule has 0 radical (unpaired) electrons. The van der Waals surface area contributed by atoms with Gasteiger partial charge in [-0.3, -0.25) is 5.32 Å². The zero-order valence-corrected chi connectivity index (χ0v) is 11.8. The highest BCUT2D eigenvalue weighted by atomic mass is 19.1. The Morgan fingerprint density at radius 2 is 2.24 bits per heavy atom. The van der Waals surface area contributed by atoms with Gasteiger partial charge in [-0.1, -0.05) is 11.2 Å². The number of carbonyl (C=O) groups is 1. The summed E-state index contributed by atoms with van der Waals surface area (Å²) in [7, 11) is 0. The summed E-state index contributed by atoms with van der Waals surface area (Å²) in [5.41, 5.74) is 6.68. The van der Waals surface area contributed by atoms with Crippen LogP contribution >= 0.6 is 0 Å². The lowest BCUT2D eigenvalue weighted by Gasteiger charge is -2.29. The van der Waals surface area contributed by atoms with Gasteiger partial charge in [0.25, 0.3) is 0 Å². The lowest BCUT2D eigenvalue weighted by Crippen LogP contribution is -2.49. The average Bonchev–Trinajstić information content (AvgIpc) is 2.43. The first-order chi connectivity index (χ1) is 9.95. The van der Waals surface area contributed by atoms with Crippen LogP contribution in [0.15, 0.2) is 23.3 Å². The van der Waals surface area contributed by atoms with E-state index < -0.39 is 23.1 Å². The number of carbonyl (C=O) groups excluding carboxylic acids is 1. The molecule has 6 nitrogen and oxygen atoms in total. The molecule has 0 aliphatic rings. The minimum atomic E-state index is -1.50. The molecule has 1 atom stereocenters. The molecule has 0 aliphatic carbocycles. The number of azide groups is 1. The van der Waals surface area contributed by atoms with Crippen LogP contribution in [0.4, 0.5) is 8.78 Å². The number of hydrogen-bond acceptors (Lipinski definition) is 4. The molecule has 0 amide bonds. The maximum atomic E-state index is 14.0. The zero-order valence-electron chi connectivity index (χ0n) is 11.8. The van der Waals surface area contributed by atoms with Crippen molar-refractivity contribution < 1.29 is 18.3 Å². The highest BCUT2D eigenvalue weighted by Crippen LogP contribution is 2.26. The van der Waals surface area contributed by atoms with E-state index in [1.54, 1.807) is 6.92 Å². The van der Waals surface area contributed by atoms with Gasteiger partial charge in [0.1, 0.15) is 17.2 Å². The predicted molar refractivity (Wildman–Crippen MR) is 72.4 cm³/mol. The first-order valence-electron chi connectivity index (χ1n) is 6.34. The summed E-state index contributed by atoms with van der Waals surface area (Å²) < 4.78 is 31.9. The molecule has 0 saturated carbocycles. The predicted octanol–water partition coefficient (Wildman–Crippen LogP) is 2.64. The Morgan fingerprint density at radius 1 is 1.52 bits per heavy atom. The van der Waals surface area contributed by atoms with E-state index in [0.29, 0.717) is 6.07 Å². The fourth-order valence-electron chi connectivity index (χ4n) is 1.85. The van der Waals surface area contributed by atoms with E-state index in [-0.39, 0.29) is 25.3 Å². The molecule has 0 aliphatic heterocycles. The van der Waals surface area contributed by atoms with E-state index in [2.05, 4.69) is 15.3 Å². The van der Waals surface area contributed by atoms with Gasteiger partial charge in [-0.2, -0.15) is 0 Å². The zero-order chi connectivity index (χ0) is 15.9. The van der Waals surface area contributed by atoms with Crippen LogP contribution < -0.4 is 5.32 Å². The SMILES string of the molecule is CCOC(=O)C(C)(NCCN=[N+]=[N-])c1ccc(F)cc1F. The molecule has 1 aromatic carbocycles. The Kier molecular flexibility index (Phi) is 6.08. The summed E-state index contributed by atoms with van der Waals surface area (Å²) >= 11 is 0. The number of ether oxygens (including phenoxy) is 1. The third kappa shape index (κ3) is 4.14. The highest BCUT2D eigenvalue weighted by molar-refractivity contribution is 5.82.